The van der Waals surface area contributed by atoms with E-state index in [1.54, 1.807) is 0 Å². The molecule has 1 heterocycles. The number of rotatable bonds is 4. The third-order valence-corrected chi connectivity index (χ3v) is 4.49. The van der Waals surface area contributed by atoms with Crippen LogP contribution in [0.3, 0.4) is 0 Å². The van der Waals surface area contributed by atoms with Gasteiger partial charge in [0.15, 0.2) is 0 Å². The molecule has 0 bridgehead atoms. The van der Waals surface area contributed by atoms with Gasteiger partial charge >= 0.3 is 0 Å². The first-order chi connectivity index (χ1) is 12.4. The largest absolute Gasteiger partial charge is 0.277 e. The zero-order valence-corrected chi connectivity index (χ0v) is 13.6. The lowest BCUT2D eigenvalue weighted by Crippen LogP contribution is -2.24. The Labute approximate surface area is 146 Å². The van der Waals surface area contributed by atoms with Crippen molar-refractivity contribution in [1.29, 1.82) is 0 Å². The first-order valence-electron chi connectivity index (χ1n) is 8.16. The Balaban J connectivity index is 1.89. The fourth-order valence-electron chi connectivity index (χ4n) is 3.07. The topological polar surface area (TPSA) is 26.9 Å². The van der Waals surface area contributed by atoms with Crippen molar-refractivity contribution in [3.8, 4) is 5.69 Å². The number of aromatic nitrogens is 2. The van der Waals surface area contributed by atoms with Crippen molar-refractivity contribution >= 4 is 0 Å². The van der Waals surface area contributed by atoms with Gasteiger partial charge in [-0.2, -0.15) is 0 Å². The van der Waals surface area contributed by atoms with E-state index in [0.717, 1.165) is 47.9 Å². The van der Waals surface area contributed by atoms with Gasteiger partial charge in [0.2, 0.25) is 0 Å². The lowest BCUT2D eigenvalue weighted by molar-refractivity contribution is 0.510. The molecule has 0 amide bonds. The number of benzene rings is 2. The molecule has 1 fully saturated rings. The summed E-state index contributed by atoms with van der Waals surface area (Å²) in [7, 11) is 0. The summed E-state index contributed by atoms with van der Waals surface area (Å²) in [5.41, 5.74) is 0.000173. The zero-order valence-electron chi connectivity index (χ0n) is 13.6. The highest BCUT2D eigenvalue weighted by molar-refractivity contribution is 5.35. The van der Waals surface area contributed by atoms with E-state index in [1.165, 1.54) is 16.8 Å². The lowest BCUT2D eigenvalue weighted by atomic mass is 10.2. The molecule has 134 valence electrons. The maximum atomic E-state index is 14.2. The van der Waals surface area contributed by atoms with Crippen LogP contribution in [0.2, 0.25) is 0 Å². The molecule has 3 aromatic rings. The van der Waals surface area contributed by atoms with E-state index >= 15 is 0 Å². The third kappa shape index (κ3) is 2.94. The molecule has 2 aromatic carbocycles. The molecular weight excluding hydrogens is 348 g/mol. The quantitative estimate of drug-likeness (QED) is 0.642. The zero-order chi connectivity index (χ0) is 18.4. The molecule has 3 nitrogen and oxygen atoms in total. The lowest BCUT2D eigenvalue weighted by Gasteiger charge is -2.16. The summed E-state index contributed by atoms with van der Waals surface area (Å²) in [4.78, 5) is 12.5. The van der Waals surface area contributed by atoms with Crippen molar-refractivity contribution in [2.75, 3.05) is 0 Å². The van der Waals surface area contributed by atoms with Crippen LogP contribution in [0.4, 0.5) is 17.6 Å². The second-order valence-electron chi connectivity index (χ2n) is 6.38. The highest BCUT2D eigenvalue weighted by atomic mass is 19.1. The number of nitrogens with zero attached hydrogens (tertiary/aromatic N) is 2. The molecule has 1 aliphatic carbocycles. The van der Waals surface area contributed by atoms with Gasteiger partial charge in [-0.25, -0.2) is 22.2 Å². The van der Waals surface area contributed by atoms with Crippen LogP contribution < -0.4 is 5.56 Å². The molecular formula is C19H14F4N2O. The highest BCUT2D eigenvalue weighted by Crippen LogP contribution is 2.40. The standard InChI is InChI=1S/C19H14F4N2O/c20-13-4-3-12(16(23)7-13)10-24-17(11-1-2-11)9-19(26)25(24)18-8-14(21)5-6-15(18)22/h3-9,11H,1-2,10H2. The van der Waals surface area contributed by atoms with E-state index in [0.29, 0.717) is 5.69 Å². The van der Waals surface area contributed by atoms with Gasteiger partial charge < -0.3 is 0 Å². The molecule has 0 N–H and O–H groups in total. The van der Waals surface area contributed by atoms with Gasteiger partial charge in [0.05, 0.1) is 6.54 Å². The molecule has 0 spiro atoms. The monoisotopic (exact) mass is 362 g/mol. The second-order valence-corrected chi connectivity index (χ2v) is 6.38. The molecule has 0 atom stereocenters. The Morgan fingerprint density at radius 3 is 2.27 bits per heavy atom. The third-order valence-electron chi connectivity index (χ3n) is 4.49. The predicted molar refractivity (Wildman–Crippen MR) is 87.4 cm³/mol. The Bertz CT molecular complexity index is 1050. The molecule has 0 radical (unpaired) electrons. The van der Waals surface area contributed by atoms with Crippen LogP contribution in [-0.2, 0) is 6.54 Å². The van der Waals surface area contributed by atoms with E-state index in [4.69, 9.17) is 0 Å². The number of halogens is 4. The minimum absolute atomic E-state index is 0.101. The van der Waals surface area contributed by atoms with E-state index in [1.807, 2.05) is 0 Å². The van der Waals surface area contributed by atoms with E-state index in [2.05, 4.69) is 0 Å². The van der Waals surface area contributed by atoms with Crippen LogP contribution in [0.1, 0.15) is 30.0 Å². The van der Waals surface area contributed by atoms with E-state index < -0.39 is 28.8 Å². The van der Waals surface area contributed by atoms with Crippen molar-refractivity contribution in [3.63, 3.8) is 0 Å². The Hall–Kier alpha value is -2.83. The normalized spacial score (nSPS) is 14.0. The summed E-state index contributed by atoms with van der Waals surface area (Å²) in [5, 5.41) is 0. The van der Waals surface area contributed by atoms with Gasteiger partial charge in [-0.1, -0.05) is 6.07 Å². The van der Waals surface area contributed by atoms with Gasteiger partial charge in [0, 0.05) is 35.4 Å². The van der Waals surface area contributed by atoms with Crippen molar-refractivity contribution in [1.82, 2.24) is 9.36 Å². The minimum atomic E-state index is -0.769. The molecule has 1 aliphatic rings. The molecule has 0 aliphatic heterocycles. The Morgan fingerprint density at radius 1 is 0.885 bits per heavy atom. The first kappa shape index (κ1) is 16.6. The van der Waals surface area contributed by atoms with Crippen LogP contribution in [-0.4, -0.2) is 9.36 Å². The van der Waals surface area contributed by atoms with Gasteiger partial charge in [0.25, 0.3) is 5.56 Å². The molecule has 0 unspecified atom stereocenters. The average molecular weight is 362 g/mol. The number of hydrogen-bond acceptors (Lipinski definition) is 1. The maximum Gasteiger partial charge on any atom is 0.271 e. The first-order valence-corrected chi connectivity index (χ1v) is 8.16. The van der Waals surface area contributed by atoms with Gasteiger partial charge in [0.1, 0.15) is 29.0 Å². The highest BCUT2D eigenvalue weighted by Gasteiger charge is 2.30. The van der Waals surface area contributed by atoms with Gasteiger partial charge in [-0.3, -0.25) is 9.48 Å². The van der Waals surface area contributed by atoms with Crippen LogP contribution in [0.25, 0.3) is 5.69 Å². The predicted octanol–water partition coefficient (Wildman–Crippen LogP) is 4.12. The smallest absolute Gasteiger partial charge is 0.271 e. The molecule has 1 saturated carbocycles. The molecule has 26 heavy (non-hydrogen) atoms. The molecule has 1 aromatic heterocycles. The van der Waals surface area contributed by atoms with Crippen molar-refractivity contribution in [2.45, 2.75) is 25.3 Å². The average Bonchev–Trinajstić information content (AvgIpc) is 3.37. The number of hydrogen-bond donors (Lipinski definition) is 0. The Kier molecular flexibility index (Phi) is 3.94. The van der Waals surface area contributed by atoms with Crippen molar-refractivity contribution in [3.05, 3.63) is 87.3 Å². The molecule has 4 rings (SSSR count). The fourth-order valence-corrected chi connectivity index (χ4v) is 3.07. The van der Waals surface area contributed by atoms with Gasteiger partial charge in [-0.15, -0.1) is 0 Å². The minimum Gasteiger partial charge on any atom is -0.277 e. The molecule has 0 saturated heterocycles. The van der Waals surface area contributed by atoms with Gasteiger partial charge in [-0.05, 0) is 31.0 Å². The summed E-state index contributed by atoms with van der Waals surface area (Å²) in [6.45, 7) is -0.101. The SMILES string of the molecule is O=c1cc(C2CC2)n(Cc2ccc(F)cc2F)n1-c1cc(F)ccc1F. The Morgan fingerprint density at radius 2 is 1.58 bits per heavy atom. The molecule has 7 heteroatoms. The van der Waals surface area contributed by atoms with Crippen LogP contribution in [0, 0.1) is 23.3 Å². The van der Waals surface area contributed by atoms with E-state index in [-0.39, 0.29) is 23.7 Å². The van der Waals surface area contributed by atoms with Crippen LogP contribution >= 0.6 is 0 Å². The second kappa shape index (κ2) is 6.16. The van der Waals surface area contributed by atoms with Crippen molar-refractivity contribution in [2.24, 2.45) is 0 Å². The van der Waals surface area contributed by atoms with Crippen molar-refractivity contribution < 1.29 is 17.6 Å². The van der Waals surface area contributed by atoms with E-state index in [9.17, 15) is 22.4 Å². The van der Waals surface area contributed by atoms with Crippen LogP contribution in [0.5, 0.6) is 0 Å². The maximum absolute atomic E-state index is 14.2. The summed E-state index contributed by atoms with van der Waals surface area (Å²) in [6, 6.07) is 7.32. The summed E-state index contributed by atoms with van der Waals surface area (Å²) in [5.74, 6) is -2.82. The summed E-state index contributed by atoms with van der Waals surface area (Å²) in [6.07, 6.45) is 1.72. The summed E-state index contributed by atoms with van der Waals surface area (Å²) >= 11 is 0. The van der Waals surface area contributed by atoms with Crippen LogP contribution in [0.15, 0.2) is 47.3 Å². The summed E-state index contributed by atoms with van der Waals surface area (Å²) < 4.78 is 57.6. The fraction of sp³-hybridized carbons (Fsp3) is 0.211.